The van der Waals surface area contributed by atoms with Crippen molar-refractivity contribution in [2.75, 3.05) is 5.32 Å². The lowest BCUT2D eigenvalue weighted by Gasteiger charge is -2.35. The minimum atomic E-state index is -0.658. The number of halogens is 2. The van der Waals surface area contributed by atoms with E-state index < -0.39 is 5.66 Å². The van der Waals surface area contributed by atoms with Crippen molar-refractivity contribution < 1.29 is 4.79 Å². The lowest BCUT2D eigenvalue weighted by Crippen LogP contribution is -2.48. The highest BCUT2D eigenvalue weighted by Crippen LogP contribution is 2.38. The first-order valence-corrected chi connectivity index (χ1v) is 8.30. The standard InChI is InChI=1S/C16H16ClN5O2.ClH/c17-10-8-11(20-12-4-7-18-9-19-12)15(24)22-13(10)14(23)21-16(22)5-2-1-3-6-16;/h4,7-9H,1-3,5-6H2,(H,21,23)(H,18,19,20);1H. The van der Waals surface area contributed by atoms with Gasteiger partial charge in [0.15, 0.2) is 0 Å². The summed E-state index contributed by atoms with van der Waals surface area (Å²) in [5.41, 5.74) is -0.386. The summed E-state index contributed by atoms with van der Waals surface area (Å²) in [7, 11) is 0. The highest BCUT2D eigenvalue weighted by atomic mass is 35.5. The number of amides is 1. The Balaban J connectivity index is 0.00000182. The number of carbonyl (C=O) groups excluding carboxylic acids is 1. The Kier molecular flexibility index (Phi) is 4.71. The molecule has 2 aliphatic rings. The normalized spacial score (nSPS) is 17.6. The highest BCUT2D eigenvalue weighted by Gasteiger charge is 2.45. The van der Waals surface area contributed by atoms with Gasteiger partial charge in [-0.15, -0.1) is 12.4 Å². The van der Waals surface area contributed by atoms with Crippen LogP contribution in [0.25, 0.3) is 0 Å². The lowest BCUT2D eigenvalue weighted by molar-refractivity contribution is 0.0877. The molecule has 3 heterocycles. The van der Waals surface area contributed by atoms with E-state index in [1.165, 1.54) is 12.4 Å². The van der Waals surface area contributed by atoms with Crippen LogP contribution in [0.5, 0.6) is 0 Å². The first kappa shape index (κ1) is 17.7. The number of hydrogen-bond acceptors (Lipinski definition) is 5. The molecule has 2 aromatic heterocycles. The first-order chi connectivity index (χ1) is 11.6. The van der Waals surface area contributed by atoms with E-state index >= 15 is 0 Å². The molecule has 0 bridgehead atoms. The summed E-state index contributed by atoms with van der Waals surface area (Å²) in [4.78, 5) is 33.3. The van der Waals surface area contributed by atoms with Crippen molar-refractivity contribution >= 4 is 41.4 Å². The average molecular weight is 382 g/mol. The minimum absolute atomic E-state index is 0. The number of nitrogens with one attached hydrogen (secondary N) is 2. The second-order valence-corrected chi connectivity index (χ2v) is 6.57. The van der Waals surface area contributed by atoms with Crippen LogP contribution in [-0.4, -0.2) is 20.4 Å². The molecule has 132 valence electrons. The number of anilines is 2. The molecule has 1 fully saturated rings. The Morgan fingerprint density at radius 3 is 2.68 bits per heavy atom. The van der Waals surface area contributed by atoms with E-state index in [0.29, 0.717) is 11.5 Å². The summed E-state index contributed by atoms with van der Waals surface area (Å²) in [6.45, 7) is 0. The number of pyridine rings is 1. The summed E-state index contributed by atoms with van der Waals surface area (Å²) >= 11 is 6.32. The van der Waals surface area contributed by atoms with E-state index in [0.717, 1.165) is 32.1 Å². The van der Waals surface area contributed by atoms with Gasteiger partial charge < -0.3 is 10.6 Å². The van der Waals surface area contributed by atoms with E-state index in [1.807, 2.05) is 0 Å². The van der Waals surface area contributed by atoms with Gasteiger partial charge in [0, 0.05) is 6.20 Å². The molecule has 0 unspecified atom stereocenters. The molecule has 0 atom stereocenters. The maximum Gasteiger partial charge on any atom is 0.276 e. The van der Waals surface area contributed by atoms with Crippen LogP contribution in [0.2, 0.25) is 5.02 Å². The quantitative estimate of drug-likeness (QED) is 0.834. The Labute approximate surface area is 155 Å². The van der Waals surface area contributed by atoms with Crippen LogP contribution in [0.4, 0.5) is 11.5 Å². The van der Waals surface area contributed by atoms with Crippen LogP contribution in [0.15, 0.2) is 29.5 Å². The number of aromatic nitrogens is 3. The molecule has 9 heteroatoms. The number of rotatable bonds is 2. The van der Waals surface area contributed by atoms with Crippen LogP contribution in [0, 0.1) is 0 Å². The van der Waals surface area contributed by atoms with Crippen molar-refractivity contribution in [1.29, 1.82) is 0 Å². The third-order valence-electron chi connectivity index (χ3n) is 4.67. The number of fused-ring (bicyclic) bond motifs is 2. The fourth-order valence-electron chi connectivity index (χ4n) is 3.61. The molecule has 2 N–H and O–H groups in total. The third kappa shape index (κ3) is 2.87. The molecule has 1 spiro atoms. The van der Waals surface area contributed by atoms with Gasteiger partial charge in [0.25, 0.3) is 11.5 Å². The van der Waals surface area contributed by atoms with Crippen LogP contribution < -0.4 is 16.2 Å². The SMILES string of the molecule is Cl.O=C1NC2(CCCCC2)n2c1c(Cl)cc(Nc1ccncn1)c2=O. The Hall–Kier alpha value is -2.12. The van der Waals surface area contributed by atoms with Crippen molar-refractivity contribution in [3.63, 3.8) is 0 Å². The average Bonchev–Trinajstić information content (AvgIpc) is 2.86. The maximum absolute atomic E-state index is 13.0. The van der Waals surface area contributed by atoms with Gasteiger partial charge in [-0.3, -0.25) is 14.2 Å². The Bertz CT molecular complexity index is 863. The molecule has 0 radical (unpaired) electrons. The molecule has 1 amide bonds. The topological polar surface area (TPSA) is 88.9 Å². The predicted octanol–water partition coefficient (Wildman–Crippen LogP) is 2.82. The summed E-state index contributed by atoms with van der Waals surface area (Å²) in [5, 5.41) is 6.22. The van der Waals surface area contributed by atoms with Gasteiger partial charge in [0.2, 0.25) is 0 Å². The molecule has 0 saturated heterocycles. The zero-order valence-electron chi connectivity index (χ0n) is 13.3. The molecule has 7 nitrogen and oxygen atoms in total. The van der Waals surface area contributed by atoms with Gasteiger partial charge in [-0.2, -0.15) is 0 Å². The smallest absolute Gasteiger partial charge is 0.276 e. The molecule has 25 heavy (non-hydrogen) atoms. The molecule has 0 aromatic carbocycles. The molecule has 1 saturated carbocycles. The number of carbonyl (C=O) groups is 1. The van der Waals surface area contributed by atoms with Crippen LogP contribution in [0.1, 0.15) is 42.6 Å². The first-order valence-electron chi connectivity index (χ1n) is 7.92. The molecule has 4 rings (SSSR count). The van der Waals surface area contributed by atoms with Gasteiger partial charge >= 0.3 is 0 Å². The van der Waals surface area contributed by atoms with E-state index in [1.54, 1.807) is 16.8 Å². The van der Waals surface area contributed by atoms with Crippen molar-refractivity contribution in [3.05, 3.63) is 45.7 Å². The van der Waals surface area contributed by atoms with Gasteiger partial charge in [0.1, 0.15) is 29.2 Å². The largest absolute Gasteiger partial charge is 0.336 e. The monoisotopic (exact) mass is 381 g/mol. The third-order valence-corrected chi connectivity index (χ3v) is 4.96. The van der Waals surface area contributed by atoms with E-state index in [2.05, 4.69) is 20.6 Å². The van der Waals surface area contributed by atoms with Gasteiger partial charge in [-0.05, 0) is 37.8 Å². The summed E-state index contributed by atoms with van der Waals surface area (Å²) in [6, 6.07) is 3.14. The molecule has 2 aromatic rings. The Morgan fingerprint density at radius 1 is 1.24 bits per heavy atom. The Morgan fingerprint density at radius 2 is 2.00 bits per heavy atom. The lowest BCUT2D eigenvalue weighted by atomic mass is 9.89. The highest BCUT2D eigenvalue weighted by molar-refractivity contribution is 6.34. The zero-order valence-corrected chi connectivity index (χ0v) is 14.9. The van der Waals surface area contributed by atoms with Crippen molar-refractivity contribution in [2.24, 2.45) is 0 Å². The fraction of sp³-hybridized carbons (Fsp3) is 0.375. The second-order valence-electron chi connectivity index (χ2n) is 6.16. The minimum Gasteiger partial charge on any atom is -0.336 e. The van der Waals surface area contributed by atoms with Gasteiger partial charge in [0.05, 0.1) is 5.02 Å². The summed E-state index contributed by atoms with van der Waals surface area (Å²) < 4.78 is 1.54. The second kappa shape index (κ2) is 6.65. The van der Waals surface area contributed by atoms with Gasteiger partial charge in [-0.25, -0.2) is 9.97 Å². The zero-order chi connectivity index (χ0) is 16.7. The maximum atomic E-state index is 13.0. The van der Waals surface area contributed by atoms with Crippen LogP contribution in [0.3, 0.4) is 0 Å². The van der Waals surface area contributed by atoms with Crippen molar-refractivity contribution in [1.82, 2.24) is 19.9 Å². The van der Waals surface area contributed by atoms with Crippen LogP contribution >= 0.6 is 24.0 Å². The molecular formula is C16H17Cl2N5O2. The number of hydrogen-bond donors (Lipinski definition) is 2. The summed E-state index contributed by atoms with van der Waals surface area (Å²) in [6.07, 6.45) is 7.48. The summed E-state index contributed by atoms with van der Waals surface area (Å²) in [5.74, 6) is 0.210. The molecule has 1 aliphatic carbocycles. The van der Waals surface area contributed by atoms with Crippen LogP contribution in [-0.2, 0) is 5.66 Å². The fourth-order valence-corrected chi connectivity index (χ4v) is 3.89. The van der Waals surface area contributed by atoms with Crippen molar-refractivity contribution in [3.8, 4) is 0 Å². The predicted molar refractivity (Wildman–Crippen MR) is 96.8 cm³/mol. The van der Waals surface area contributed by atoms with Gasteiger partial charge in [-0.1, -0.05) is 18.0 Å². The van der Waals surface area contributed by atoms with E-state index in [4.69, 9.17) is 11.6 Å². The van der Waals surface area contributed by atoms with E-state index in [-0.39, 0.29) is 34.6 Å². The van der Waals surface area contributed by atoms with E-state index in [9.17, 15) is 9.59 Å². The molecule has 1 aliphatic heterocycles. The number of nitrogens with zero attached hydrogens (tertiary/aromatic N) is 3. The molecular weight excluding hydrogens is 365 g/mol. The van der Waals surface area contributed by atoms with Crippen molar-refractivity contribution in [2.45, 2.75) is 37.8 Å².